The van der Waals surface area contributed by atoms with Crippen LogP contribution in [0.1, 0.15) is 18.9 Å². The molecule has 2 rings (SSSR count). The third-order valence-corrected chi connectivity index (χ3v) is 3.53. The summed E-state index contributed by atoms with van der Waals surface area (Å²) in [4.78, 5) is 4.24. The predicted octanol–water partition coefficient (Wildman–Crippen LogP) is 1.81. The second-order valence-corrected chi connectivity index (χ2v) is 5.02. The maximum atomic E-state index is 5.34. The van der Waals surface area contributed by atoms with E-state index in [0.717, 1.165) is 30.6 Å². The molecule has 19 heavy (non-hydrogen) atoms. The minimum atomic E-state index is 0.595. The van der Waals surface area contributed by atoms with E-state index >= 15 is 0 Å². The van der Waals surface area contributed by atoms with Crippen LogP contribution in [0.4, 0.5) is 0 Å². The molecule has 2 unspecified atom stereocenters. The van der Waals surface area contributed by atoms with Gasteiger partial charge in [-0.2, -0.15) is 0 Å². The van der Waals surface area contributed by atoms with Gasteiger partial charge in [-0.15, -0.1) is 0 Å². The lowest BCUT2D eigenvalue weighted by Crippen LogP contribution is -2.39. The Kier molecular flexibility index (Phi) is 4.66. The topological polar surface area (TPSA) is 45.7 Å². The maximum absolute atomic E-state index is 5.34. The molecule has 0 radical (unpaired) electrons. The third kappa shape index (κ3) is 3.88. The van der Waals surface area contributed by atoms with E-state index in [-0.39, 0.29) is 0 Å². The zero-order chi connectivity index (χ0) is 13.7. The number of methoxy groups -OCH3 is 1. The van der Waals surface area contributed by atoms with Gasteiger partial charge in [-0.25, -0.2) is 0 Å². The predicted molar refractivity (Wildman–Crippen MR) is 78.8 cm³/mol. The number of nitrogens with zero attached hydrogens (tertiary/aromatic N) is 1. The van der Waals surface area contributed by atoms with Crippen molar-refractivity contribution in [2.45, 2.75) is 25.8 Å². The molecule has 2 atom stereocenters. The van der Waals surface area contributed by atoms with Crippen molar-refractivity contribution in [3.8, 4) is 5.75 Å². The van der Waals surface area contributed by atoms with Crippen LogP contribution in [-0.4, -0.2) is 32.7 Å². The molecule has 1 aromatic rings. The van der Waals surface area contributed by atoms with E-state index in [2.05, 4.69) is 28.6 Å². The highest BCUT2D eigenvalue weighted by Crippen LogP contribution is 2.28. The lowest BCUT2D eigenvalue weighted by atomic mass is 10.1. The van der Waals surface area contributed by atoms with Crippen molar-refractivity contribution in [1.82, 2.24) is 10.6 Å². The van der Waals surface area contributed by atoms with E-state index in [9.17, 15) is 0 Å². The number of guanidine groups is 1. The smallest absolute Gasteiger partial charge is 0.191 e. The van der Waals surface area contributed by atoms with Gasteiger partial charge in [-0.1, -0.05) is 25.1 Å². The lowest BCUT2D eigenvalue weighted by molar-refractivity contribution is 0.409. The van der Waals surface area contributed by atoms with Gasteiger partial charge >= 0.3 is 0 Å². The molecule has 0 spiro atoms. The van der Waals surface area contributed by atoms with Crippen LogP contribution in [0.15, 0.2) is 29.3 Å². The average Bonchev–Trinajstić information content (AvgIpc) is 3.13. The molecule has 1 aliphatic rings. The van der Waals surface area contributed by atoms with E-state index in [1.807, 2.05) is 25.2 Å². The Morgan fingerprint density at radius 2 is 2.16 bits per heavy atom. The molecule has 0 aliphatic heterocycles. The fraction of sp³-hybridized carbons (Fsp3) is 0.533. The summed E-state index contributed by atoms with van der Waals surface area (Å²) in [6, 6.07) is 8.72. The van der Waals surface area contributed by atoms with Crippen LogP contribution in [0.5, 0.6) is 5.75 Å². The van der Waals surface area contributed by atoms with Gasteiger partial charge in [0.2, 0.25) is 0 Å². The van der Waals surface area contributed by atoms with Crippen LogP contribution >= 0.6 is 0 Å². The van der Waals surface area contributed by atoms with E-state index < -0.39 is 0 Å². The minimum absolute atomic E-state index is 0.595. The second-order valence-electron chi connectivity index (χ2n) is 5.02. The highest BCUT2D eigenvalue weighted by atomic mass is 16.5. The molecule has 2 N–H and O–H groups in total. The summed E-state index contributed by atoms with van der Waals surface area (Å²) in [6.45, 7) is 3.10. The van der Waals surface area contributed by atoms with Crippen molar-refractivity contribution >= 4 is 5.96 Å². The fourth-order valence-corrected chi connectivity index (χ4v) is 2.12. The first-order valence-electron chi connectivity index (χ1n) is 6.83. The number of hydrogen-bond donors (Lipinski definition) is 2. The Balaban J connectivity index is 1.78. The summed E-state index contributed by atoms with van der Waals surface area (Å²) in [5.41, 5.74) is 1.22. The van der Waals surface area contributed by atoms with Crippen LogP contribution in [0.25, 0.3) is 0 Å². The summed E-state index contributed by atoms with van der Waals surface area (Å²) in [7, 11) is 3.52. The first-order valence-corrected chi connectivity index (χ1v) is 6.83. The highest BCUT2D eigenvalue weighted by molar-refractivity contribution is 5.80. The van der Waals surface area contributed by atoms with Crippen molar-refractivity contribution in [3.63, 3.8) is 0 Å². The highest BCUT2D eigenvalue weighted by Gasteiger charge is 2.33. The first-order chi connectivity index (χ1) is 9.24. The van der Waals surface area contributed by atoms with Crippen molar-refractivity contribution in [2.24, 2.45) is 10.9 Å². The average molecular weight is 261 g/mol. The second kappa shape index (κ2) is 6.45. The van der Waals surface area contributed by atoms with Crippen LogP contribution < -0.4 is 15.4 Å². The van der Waals surface area contributed by atoms with Crippen molar-refractivity contribution in [2.75, 3.05) is 20.7 Å². The Morgan fingerprint density at radius 3 is 2.79 bits per heavy atom. The van der Waals surface area contributed by atoms with Crippen LogP contribution in [0.2, 0.25) is 0 Å². The number of benzene rings is 1. The van der Waals surface area contributed by atoms with Crippen molar-refractivity contribution in [1.29, 1.82) is 0 Å². The quantitative estimate of drug-likeness (QED) is 0.627. The Bertz CT molecular complexity index is 445. The molecular weight excluding hydrogens is 238 g/mol. The summed E-state index contributed by atoms with van der Waals surface area (Å²) in [5.74, 6) is 2.61. The molecule has 1 aliphatic carbocycles. The molecule has 0 bridgehead atoms. The van der Waals surface area contributed by atoms with E-state index in [1.54, 1.807) is 7.11 Å². The molecule has 4 nitrogen and oxygen atoms in total. The molecule has 1 fully saturated rings. The Morgan fingerprint density at radius 1 is 1.42 bits per heavy atom. The summed E-state index contributed by atoms with van der Waals surface area (Å²) < 4.78 is 5.34. The normalized spacial score (nSPS) is 21.9. The number of para-hydroxylation sites is 1. The van der Waals surface area contributed by atoms with Gasteiger partial charge in [0.1, 0.15) is 5.75 Å². The van der Waals surface area contributed by atoms with Crippen LogP contribution in [0.3, 0.4) is 0 Å². The standard InChI is InChI=1S/C15H23N3O/c1-11-10-13(11)18-15(16-2)17-9-8-12-6-4-5-7-14(12)19-3/h4-7,11,13H,8-10H2,1-3H3,(H2,16,17,18). The van der Waals surface area contributed by atoms with Gasteiger partial charge in [0.25, 0.3) is 0 Å². The zero-order valence-corrected chi connectivity index (χ0v) is 11.9. The van der Waals surface area contributed by atoms with Gasteiger partial charge in [0, 0.05) is 19.6 Å². The van der Waals surface area contributed by atoms with Gasteiger partial charge in [0.15, 0.2) is 5.96 Å². The maximum Gasteiger partial charge on any atom is 0.191 e. The molecule has 0 aromatic heterocycles. The minimum Gasteiger partial charge on any atom is -0.496 e. The first kappa shape index (κ1) is 13.7. The molecule has 1 saturated carbocycles. The van der Waals surface area contributed by atoms with Gasteiger partial charge in [-0.05, 0) is 30.4 Å². The number of hydrogen-bond acceptors (Lipinski definition) is 2. The van der Waals surface area contributed by atoms with E-state index in [0.29, 0.717) is 6.04 Å². The summed E-state index contributed by atoms with van der Waals surface area (Å²) in [5, 5.41) is 6.76. The number of ether oxygens (including phenoxy) is 1. The number of aliphatic imine (C=N–C) groups is 1. The van der Waals surface area contributed by atoms with Gasteiger partial charge in [0.05, 0.1) is 7.11 Å². The SMILES string of the molecule is CN=C(NCCc1ccccc1OC)NC1CC1C. The van der Waals surface area contributed by atoms with Crippen molar-refractivity contribution in [3.05, 3.63) is 29.8 Å². The number of nitrogens with one attached hydrogen (secondary N) is 2. The van der Waals surface area contributed by atoms with E-state index in [4.69, 9.17) is 4.74 Å². The summed E-state index contributed by atoms with van der Waals surface area (Å²) in [6.07, 6.45) is 2.16. The Labute approximate surface area is 115 Å². The summed E-state index contributed by atoms with van der Waals surface area (Å²) >= 11 is 0. The number of rotatable bonds is 5. The lowest BCUT2D eigenvalue weighted by Gasteiger charge is -2.12. The van der Waals surface area contributed by atoms with Gasteiger partial charge < -0.3 is 15.4 Å². The Hall–Kier alpha value is -1.71. The molecule has 104 valence electrons. The third-order valence-electron chi connectivity index (χ3n) is 3.53. The molecule has 4 heteroatoms. The largest absolute Gasteiger partial charge is 0.496 e. The molecule has 1 aromatic carbocycles. The van der Waals surface area contributed by atoms with Gasteiger partial charge in [-0.3, -0.25) is 4.99 Å². The fourth-order valence-electron chi connectivity index (χ4n) is 2.12. The molecule has 0 saturated heterocycles. The monoisotopic (exact) mass is 261 g/mol. The van der Waals surface area contributed by atoms with E-state index in [1.165, 1.54) is 12.0 Å². The molecule has 0 heterocycles. The van der Waals surface area contributed by atoms with Crippen molar-refractivity contribution < 1.29 is 4.74 Å². The molecular formula is C15H23N3O. The van der Waals surface area contributed by atoms with Crippen LogP contribution in [-0.2, 0) is 6.42 Å². The molecule has 0 amide bonds. The van der Waals surface area contributed by atoms with Crippen LogP contribution in [0, 0.1) is 5.92 Å². The zero-order valence-electron chi connectivity index (χ0n) is 11.9.